The highest BCUT2D eigenvalue weighted by Crippen LogP contribution is 2.48. The second-order valence-electron chi connectivity index (χ2n) is 13.5. The van der Waals surface area contributed by atoms with Gasteiger partial charge < -0.3 is 43.2 Å². The molecule has 5 rings (SSSR count). The molecule has 2 N–H and O–H groups in total. The number of carbonyl (C=O) groups excluding carboxylic acids is 1. The zero-order chi connectivity index (χ0) is 37.5. The number of ether oxygens (including phenoxy) is 5. The van der Waals surface area contributed by atoms with E-state index in [-0.39, 0.29) is 62.5 Å². The van der Waals surface area contributed by atoms with Gasteiger partial charge in [0.05, 0.1) is 56.5 Å². The molecule has 3 aliphatic rings. The van der Waals surface area contributed by atoms with Crippen LogP contribution in [0.1, 0.15) is 45.2 Å². The zero-order valence-corrected chi connectivity index (χ0v) is 32.2. The van der Waals surface area contributed by atoms with Gasteiger partial charge in [0.15, 0.2) is 12.6 Å². The summed E-state index contributed by atoms with van der Waals surface area (Å²) in [5, 5.41) is 14.6. The highest BCUT2D eigenvalue weighted by molar-refractivity contribution is 7.89. The maximum Gasteiger partial charge on any atom is 0.407 e. The summed E-state index contributed by atoms with van der Waals surface area (Å²) in [6.07, 6.45) is -2.49. The molecular weight excluding hydrogens is 717 g/mol. The van der Waals surface area contributed by atoms with E-state index in [9.17, 15) is 22.9 Å². The lowest BCUT2D eigenvalue weighted by atomic mass is 10.0. The maximum atomic E-state index is 13.9. The van der Waals surface area contributed by atoms with Crippen LogP contribution >= 0.6 is 7.60 Å². The number of fused-ring (bicyclic) bond motifs is 2. The third kappa shape index (κ3) is 10.2. The summed E-state index contributed by atoms with van der Waals surface area (Å²) in [5.74, 6) is 0.882. The summed E-state index contributed by atoms with van der Waals surface area (Å²) in [4.78, 5) is 15.5. The lowest BCUT2D eigenvalue weighted by molar-refractivity contribution is -0.0907. The Morgan fingerprint density at radius 3 is 2.40 bits per heavy atom. The van der Waals surface area contributed by atoms with Crippen molar-refractivity contribution in [3.8, 4) is 11.5 Å². The Kier molecular flexibility index (Phi) is 14.0. The molecule has 1 amide bonds. The number of benzene rings is 2. The Labute approximate surface area is 306 Å². The van der Waals surface area contributed by atoms with Crippen molar-refractivity contribution in [1.82, 2.24) is 14.5 Å². The van der Waals surface area contributed by atoms with Crippen LogP contribution in [0.2, 0.25) is 0 Å². The summed E-state index contributed by atoms with van der Waals surface area (Å²) in [7, 11) is -5.94. The molecule has 0 bridgehead atoms. The van der Waals surface area contributed by atoms with Crippen LogP contribution < -0.4 is 14.8 Å². The number of hydrogen-bond donors (Lipinski definition) is 2. The molecule has 0 aliphatic carbocycles. The summed E-state index contributed by atoms with van der Waals surface area (Å²) in [6, 6.07) is 10.7. The number of alkyl carbamates (subject to hydrolysis) is 1. The molecule has 5 atom stereocenters. The van der Waals surface area contributed by atoms with Gasteiger partial charge in [0.25, 0.3) is 0 Å². The molecule has 290 valence electrons. The van der Waals surface area contributed by atoms with E-state index >= 15 is 0 Å². The third-order valence-corrected chi connectivity index (χ3v) is 12.7. The van der Waals surface area contributed by atoms with Gasteiger partial charge in [-0.1, -0.05) is 19.9 Å². The summed E-state index contributed by atoms with van der Waals surface area (Å²) in [6.45, 7) is 9.43. The zero-order valence-electron chi connectivity index (χ0n) is 30.5. The number of methoxy groups -OCH3 is 1. The SMILES string of the molecule is CCOP(=O)(COc1ccc2c(c1)CN(C[C@H](NC(=O)O[C@H]1CO[C@H]3OCC[C@H]31)[C@H](O)CN(CC(C)C)S(=O)(=O)c1ccc(OC)cc1)C2)OCC. The van der Waals surface area contributed by atoms with Gasteiger partial charge in [-0.25, -0.2) is 13.2 Å². The lowest BCUT2D eigenvalue weighted by Gasteiger charge is -2.32. The van der Waals surface area contributed by atoms with Gasteiger partial charge >= 0.3 is 13.7 Å². The number of rotatable bonds is 19. The van der Waals surface area contributed by atoms with Gasteiger partial charge in [-0.3, -0.25) is 9.46 Å². The van der Waals surface area contributed by atoms with Crippen LogP contribution in [0.5, 0.6) is 11.5 Å². The van der Waals surface area contributed by atoms with E-state index in [1.54, 1.807) is 32.0 Å². The molecule has 2 aromatic rings. The molecule has 2 fully saturated rings. The second kappa shape index (κ2) is 18.0. The van der Waals surface area contributed by atoms with E-state index in [2.05, 4.69) is 5.32 Å². The van der Waals surface area contributed by atoms with Gasteiger partial charge in [0.2, 0.25) is 10.0 Å². The first-order valence-corrected chi connectivity index (χ1v) is 20.9. The minimum absolute atomic E-state index is 0.0546. The average molecular weight is 770 g/mol. The average Bonchev–Trinajstić information content (AvgIpc) is 3.84. The van der Waals surface area contributed by atoms with Crippen LogP contribution in [0.25, 0.3) is 0 Å². The Balaban J connectivity index is 1.31. The van der Waals surface area contributed by atoms with Crippen LogP contribution in [-0.4, -0.2) is 113 Å². The number of aliphatic hydroxyl groups excluding tert-OH is 1. The molecule has 2 saturated heterocycles. The quantitative estimate of drug-likeness (QED) is 0.195. The lowest BCUT2D eigenvalue weighted by Crippen LogP contribution is -2.54. The molecule has 0 unspecified atom stereocenters. The predicted octanol–water partition coefficient (Wildman–Crippen LogP) is 4.18. The van der Waals surface area contributed by atoms with Gasteiger partial charge in [0, 0.05) is 32.7 Å². The van der Waals surface area contributed by atoms with Gasteiger partial charge in [-0.05, 0) is 73.7 Å². The van der Waals surface area contributed by atoms with Crippen molar-refractivity contribution < 1.29 is 55.6 Å². The summed E-state index contributed by atoms with van der Waals surface area (Å²) >= 11 is 0. The summed E-state index contributed by atoms with van der Waals surface area (Å²) < 4.78 is 80.6. The molecule has 0 saturated carbocycles. The van der Waals surface area contributed by atoms with Crippen molar-refractivity contribution in [3.05, 3.63) is 53.6 Å². The van der Waals surface area contributed by atoms with Crippen LogP contribution in [0, 0.1) is 11.8 Å². The summed E-state index contributed by atoms with van der Waals surface area (Å²) in [5.41, 5.74) is 1.97. The Morgan fingerprint density at radius 2 is 1.73 bits per heavy atom. The fourth-order valence-corrected chi connectivity index (χ4v) is 9.58. The van der Waals surface area contributed by atoms with E-state index in [1.165, 1.54) is 23.5 Å². The van der Waals surface area contributed by atoms with Crippen LogP contribution in [0.4, 0.5) is 4.79 Å². The fourth-order valence-electron chi connectivity index (χ4n) is 6.64. The highest BCUT2D eigenvalue weighted by atomic mass is 32.2. The largest absolute Gasteiger partial charge is 0.497 e. The first-order chi connectivity index (χ1) is 24.8. The number of sulfonamides is 1. The second-order valence-corrected chi connectivity index (χ2v) is 17.4. The van der Waals surface area contributed by atoms with E-state index in [4.69, 9.17) is 32.7 Å². The van der Waals surface area contributed by atoms with E-state index in [0.717, 1.165) is 11.1 Å². The number of amides is 1. The number of nitrogens with zero attached hydrogens (tertiary/aromatic N) is 2. The monoisotopic (exact) mass is 769 g/mol. The normalized spacial score (nSPS) is 21.6. The van der Waals surface area contributed by atoms with Crippen molar-refractivity contribution >= 4 is 23.7 Å². The van der Waals surface area contributed by atoms with E-state index in [1.807, 2.05) is 30.9 Å². The molecule has 0 radical (unpaired) electrons. The smallest absolute Gasteiger partial charge is 0.407 e. The van der Waals surface area contributed by atoms with Crippen molar-refractivity contribution in [2.24, 2.45) is 11.8 Å². The third-order valence-electron chi connectivity index (χ3n) is 9.13. The standard InChI is InChI=1S/C35H52N3O12PS/c1-6-48-51(41,49-7-2)23-47-28-9-8-25-18-37(19-26(25)16-28)20-31(36-35(40)50-33-22-46-34-30(33)14-15-45-34)32(39)21-38(17-24(3)4)52(42,43)29-12-10-27(44-5)11-13-29/h8-13,16,24,30-34,39H,6-7,14-15,17-23H2,1-5H3,(H,36,40)/t30-,31-,32+,33-,34+/m0/s1. The minimum Gasteiger partial charge on any atom is -0.497 e. The predicted molar refractivity (Wildman–Crippen MR) is 190 cm³/mol. The molecule has 52 heavy (non-hydrogen) atoms. The van der Waals surface area contributed by atoms with Crippen LogP contribution in [0.3, 0.4) is 0 Å². The van der Waals surface area contributed by atoms with E-state index in [0.29, 0.717) is 37.6 Å². The number of carbonyl (C=O) groups is 1. The van der Waals surface area contributed by atoms with Gasteiger partial charge in [-0.15, -0.1) is 0 Å². The molecule has 2 aromatic carbocycles. The molecule has 15 nitrogen and oxygen atoms in total. The van der Waals surface area contributed by atoms with Gasteiger partial charge in [-0.2, -0.15) is 4.31 Å². The molecule has 3 heterocycles. The maximum absolute atomic E-state index is 13.9. The minimum atomic E-state index is -4.03. The number of nitrogens with one attached hydrogen (secondary N) is 1. The number of hydrogen-bond acceptors (Lipinski definition) is 13. The topological polar surface area (TPSA) is 172 Å². The van der Waals surface area contributed by atoms with Crippen molar-refractivity contribution in [2.45, 2.75) is 76.6 Å². The molecule has 0 aromatic heterocycles. The van der Waals surface area contributed by atoms with Crippen LogP contribution in [-0.2, 0) is 50.9 Å². The van der Waals surface area contributed by atoms with Crippen LogP contribution in [0.15, 0.2) is 47.4 Å². The van der Waals surface area contributed by atoms with Crippen molar-refractivity contribution in [3.63, 3.8) is 0 Å². The first-order valence-electron chi connectivity index (χ1n) is 17.7. The molecular formula is C35H52N3O12PS. The van der Waals surface area contributed by atoms with Crippen molar-refractivity contribution in [2.75, 3.05) is 59.5 Å². The van der Waals surface area contributed by atoms with Gasteiger partial charge in [0.1, 0.15) is 17.6 Å². The van der Waals surface area contributed by atoms with Crippen molar-refractivity contribution in [1.29, 1.82) is 0 Å². The Morgan fingerprint density at radius 1 is 1.04 bits per heavy atom. The Bertz CT molecular complexity index is 1640. The highest BCUT2D eigenvalue weighted by Gasteiger charge is 2.44. The Hall–Kier alpha value is -2.79. The molecule has 17 heteroatoms. The fraction of sp³-hybridized carbons (Fsp3) is 0.629. The number of aliphatic hydroxyl groups is 1. The molecule has 3 aliphatic heterocycles. The first kappa shape index (κ1) is 40.4. The van der Waals surface area contributed by atoms with E-state index < -0.39 is 48.3 Å². The molecule has 0 spiro atoms.